The molecule has 0 aliphatic heterocycles. The van der Waals surface area contributed by atoms with Gasteiger partial charge < -0.3 is 15.4 Å². The number of rotatable bonds is 7. The molecule has 0 saturated carbocycles. The molecule has 1 atom stereocenters. The van der Waals surface area contributed by atoms with Crippen LogP contribution >= 0.6 is 15.9 Å². The Labute approximate surface area is 178 Å². The number of aromatic nitrogens is 1. The number of halogens is 1. The highest BCUT2D eigenvalue weighted by atomic mass is 79.9. The van der Waals surface area contributed by atoms with Crippen LogP contribution in [0.2, 0.25) is 0 Å². The van der Waals surface area contributed by atoms with Gasteiger partial charge in [0.25, 0.3) is 0 Å². The molecule has 29 heavy (non-hydrogen) atoms. The maximum absolute atomic E-state index is 12.7. The van der Waals surface area contributed by atoms with E-state index in [9.17, 15) is 14.4 Å². The second-order valence-corrected chi connectivity index (χ2v) is 8.29. The van der Waals surface area contributed by atoms with Gasteiger partial charge in [-0.05, 0) is 45.0 Å². The van der Waals surface area contributed by atoms with Gasteiger partial charge >= 0.3 is 6.09 Å². The Hall–Kier alpha value is -2.74. The quantitative estimate of drug-likeness (QED) is 0.616. The summed E-state index contributed by atoms with van der Waals surface area (Å²) in [6, 6.07) is 11.2. The molecular formula is C21H24BrN3O4. The molecule has 0 aliphatic carbocycles. The number of ether oxygens (including phenoxy) is 1. The van der Waals surface area contributed by atoms with E-state index in [2.05, 4.69) is 31.5 Å². The number of hydrogen-bond donors (Lipinski definition) is 2. The van der Waals surface area contributed by atoms with E-state index in [-0.39, 0.29) is 18.7 Å². The molecule has 2 N–H and O–H groups in total. The van der Waals surface area contributed by atoms with Crippen LogP contribution < -0.4 is 10.6 Å². The third-order valence-electron chi connectivity index (χ3n) is 3.74. The predicted molar refractivity (Wildman–Crippen MR) is 113 cm³/mol. The summed E-state index contributed by atoms with van der Waals surface area (Å²) < 4.78 is 6.10. The molecule has 0 unspecified atom stereocenters. The Morgan fingerprint density at radius 3 is 2.38 bits per heavy atom. The van der Waals surface area contributed by atoms with Crippen LogP contribution in [0.1, 0.15) is 36.8 Å². The van der Waals surface area contributed by atoms with Gasteiger partial charge in [0.05, 0.1) is 6.54 Å². The van der Waals surface area contributed by atoms with E-state index in [0.29, 0.717) is 11.3 Å². The van der Waals surface area contributed by atoms with Crippen molar-refractivity contribution in [2.24, 2.45) is 0 Å². The minimum absolute atomic E-state index is 0.165. The molecule has 2 rings (SSSR count). The Balaban J connectivity index is 2.03. The summed E-state index contributed by atoms with van der Waals surface area (Å²) in [5, 5.41) is 5.15. The number of benzene rings is 1. The van der Waals surface area contributed by atoms with Gasteiger partial charge in [0.2, 0.25) is 5.91 Å². The topological polar surface area (TPSA) is 97.4 Å². The fourth-order valence-corrected chi connectivity index (χ4v) is 2.68. The number of pyridine rings is 1. The Bertz CT molecular complexity index is 848. The molecule has 0 aliphatic rings. The normalized spacial score (nSPS) is 12.0. The van der Waals surface area contributed by atoms with Gasteiger partial charge in [-0.3, -0.25) is 14.6 Å². The highest BCUT2D eigenvalue weighted by molar-refractivity contribution is 9.10. The second-order valence-electron chi connectivity index (χ2n) is 7.37. The van der Waals surface area contributed by atoms with E-state index in [1.165, 1.54) is 0 Å². The predicted octanol–water partition coefficient (Wildman–Crippen LogP) is 3.28. The van der Waals surface area contributed by atoms with E-state index < -0.39 is 23.6 Å². The molecule has 0 fully saturated rings. The summed E-state index contributed by atoms with van der Waals surface area (Å²) in [5.41, 5.74) is 0.408. The molecule has 1 aromatic heterocycles. The molecule has 0 bridgehead atoms. The largest absolute Gasteiger partial charge is 0.444 e. The van der Waals surface area contributed by atoms with Crippen LogP contribution in [0.5, 0.6) is 0 Å². The lowest BCUT2D eigenvalue weighted by atomic mass is 10.1. The summed E-state index contributed by atoms with van der Waals surface area (Å²) in [5.74, 6) is -0.730. The van der Waals surface area contributed by atoms with Crippen molar-refractivity contribution in [1.82, 2.24) is 15.6 Å². The third kappa shape index (κ3) is 8.03. The first-order chi connectivity index (χ1) is 13.6. The van der Waals surface area contributed by atoms with Crippen molar-refractivity contribution in [3.63, 3.8) is 0 Å². The van der Waals surface area contributed by atoms with E-state index in [4.69, 9.17) is 4.74 Å². The van der Waals surface area contributed by atoms with Crippen LogP contribution in [0.25, 0.3) is 0 Å². The van der Waals surface area contributed by atoms with Crippen molar-refractivity contribution in [2.45, 2.75) is 38.8 Å². The van der Waals surface area contributed by atoms with Crippen LogP contribution in [0, 0.1) is 0 Å². The summed E-state index contributed by atoms with van der Waals surface area (Å²) >= 11 is 3.31. The number of carbonyl (C=O) groups is 3. The van der Waals surface area contributed by atoms with Gasteiger partial charge in [0.15, 0.2) is 5.78 Å². The summed E-state index contributed by atoms with van der Waals surface area (Å²) in [6.07, 6.45) is 1.06. The Morgan fingerprint density at radius 2 is 1.79 bits per heavy atom. The highest BCUT2D eigenvalue weighted by Crippen LogP contribution is 2.11. The first kappa shape index (κ1) is 22.5. The molecule has 154 valence electrons. The van der Waals surface area contributed by atoms with Crippen molar-refractivity contribution in [2.75, 3.05) is 6.54 Å². The number of Topliss-reactive ketones (excluding diaryl/α,β-unsaturated/α-hetero) is 1. The fourth-order valence-electron chi connectivity index (χ4n) is 2.42. The SMILES string of the molecule is CC(C)(C)OC(=O)N[C@@H](Cc1ccccn1)C(=O)NCC(=O)c1ccc(Br)cc1. The molecule has 1 heterocycles. The van der Waals surface area contributed by atoms with Crippen molar-refractivity contribution < 1.29 is 19.1 Å². The van der Waals surface area contributed by atoms with Crippen LogP contribution in [0.4, 0.5) is 4.79 Å². The second kappa shape index (κ2) is 10.2. The van der Waals surface area contributed by atoms with Gasteiger partial charge in [0.1, 0.15) is 11.6 Å². The summed E-state index contributed by atoms with van der Waals surface area (Å²) in [4.78, 5) is 41.3. The van der Waals surface area contributed by atoms with Crippen LogP contribution in [-0.4, -0.2) is 41.0 Å². The first-order valence-corrected chi connectivity index (χ1v) is 9.89. The Kier molecular flexibility index (Phi) is 7.90. The molecule has 0 saturated heterocycles. The van der Waals surface area contributed by atoms with Crippen LogP contribution in [0.3, 0.4) is 0 Å². The van der Waals surface area contributed by atoms with E-state index >= 15 is 0 Å². The zero-order valence-electron chi connectivity index (χ0n) is 16.6. The molecule has 0 radical (unpaired) electrons. The molecule has 2 amide bonds. The number of nitrogens with one attached hydrogen (secondary N) is 2. The maximum Gasteiger partial charge on any atom is 0.408 e. The Morgan fingerprint density at radius 1 is 1.10 bits per heavy atom. The molecule has 7 nitrogen and oxygen atoms in total. The van der Waals surface area contributed by atoms with Gasteiger partial charge in [-0.2, -0.15) is 0 Å². The maximum atomic E-state index is 12.7. The number of nitrogens with zero attached hydrogens (tertiary/aromatic N) is 1. The standard InChI is InChI=1S/C21H24BrN3O4/c1-21(2,3)29-20(28)25-17(12-16-6-4-5-11-23-16)19(27)24-13-18(26)14-7-9-15(22)10-8-14/h4-11,17H,12-13H2,1-3H3,(H,24,27)(H,25,28)/t17-/m0/s1. The van der Waals surface area contributed by atoms with Crippen molar-refractivity contribution in [3.8, 4) is 0 Å². The number of hydrogen-bond acceptors (Lipinski definition) is 5. The van der Waals surface area contributed by atoms with Crippen LogP contribution in [0.15, 0.2) is 53.1 Å². The molecule has 1 aromatic carbocycles. The number of alkyl carbamates (subject to hydrolysis) is 1. The zero-order valence-corrected chi connectivity index (χ0v) is 18.2. The van der Waals surface area contributed by atoms with E-state index in [1.807, 2.05) is 0 Å². The molecule has 8 heteroatoms. The lowest BCUT2D eigenvalue weighted by molar-refractivity contribution is -0.123. The van der Waals surface area contributed by atoms with E-state index in [0.717, 1.165) is 4.47 Å². The minimum Gasteiger partial charge on any atom is -0.444 e. The summed E-state index contributed by atoms with van der Waals surface area (Å²) in [7, 11) is 0. The van der Waals surface area contributed by atoms with Gasteiger partial charge in [-0.15, -0.1) is 0 Å². The van der Waals surface area contributed by atoms with Gasteiger partial charge in [-0.25, -0.2) is 4.79 Å². The molecule has 2 aromatic rings. The van der Waals surface area contributed by atoms with Crippen LogP contribution in [-0.2, 0) is 16.0 Å². The minimum atomic E-state index is -0.933. The zero-order chi connectivity index (χ0) is 21.4. The lowest BCUT2D eigenvalue weighted by Gasteiger charge is -2.23. The average molecular weight is 462 g/mol. The monoisotopic (exact) mass is 461 g/mol. The molecular weight excluding hydrogens is 438 g/mol. The van der Waals surface area contributed by atoms with E-state index in [1.54, 1.807) is 69.4 Å². The highest BCUT2D eigenvalue weighted by Gasteiger charge is 2.25. The van der Waals surface area contributed by atoms with Crippen molar-refractivity contribution in [1.29, 1.82) is 0 Å². The number of ketones is 1. The number of carbonyl (C=O) groups excluding carboxylic acids is 3. The lowest BCUT2D eigenvalue weighted by Crippen LogP contribution is -2.50. The summed E-state index contributed by atoms with van der Waals surface area (Å²) in [6.45, 7) is 5.01. The van der Waals surface area contributed by atoms with Gasteiger partial charge in [-0.1, -0.05) is 34.1 Å². The smallest absolute Gasteiger partial charge is 0.408 e. The fraction of sp³-hybridized carbons (Fsp3) is 0.333. The van der Waals surface area contributed by atoms with Crippen molar-refractivity contribution >= 4 is 33.7 Å². The first-order valence-electron chi connectivity index (χ1n) is 9.10. The molecule has 0 spiro atoms. The third-order valence-corrected chi connectivity index (χ3v) is 4.26. The van der Waals surface area contributed by atoms with Gasteiger partial charge in [0, 0.05) is 28.3 Å². The number of amides is 2. The van der Waals surface area contributed by atoms with Crippen molar-refractivity contribution in [3.05, 3.63) is 64.4 Å². The average Bonchev–Trinajstić information content (AvgIpc) is 2.65.